The molecule has 0 aliphatic heterocycles. The lowest BCUT2D eigenvalue weighted by Crippen LogP contribution is -2.04. The SMILES string of the molecule is O=C=Nc1c(O)cc(C(F)(F)F)cc1Cl. The highest BCUT2D eigenvalue weighted by Crippen LogP contribution is 2.40. The van der Waals surface area contributed by atoms with Gasteiger partial charge in [-0.05, 0) is 12.1 Å². The molecular formula is C8H3ClF3NO2. The Bertz CT molecular complexity index is 415. The highest BCUT2D eigenvalue weighted by molar-refractivity contribution is 6.33. The number of hydrogen-bond donors (Lipinski definition) is 1. The summed E-state index contributed by atoms with van der Waals surface area (Å²) in [5, 5.41) is 8.64. The molecule has 0 bridgehead atoms. The van der Waals surface area contributed by atoms with Gasteiger partial charge in [-0.2, -0.15) is 18.2 Å². The topological polar surface area (TPSA) is 49.7 Å². The molecule has 0 saturated carbocycles. The van der Waals surface area contributed by atoms with Crippen molar-refractivity contribution in [1.29, 1.82) is 0 Å². The number of aromatic hydroxyl groups is 1. The summed E-state index contributed by atoms with van der Waals surface area (Å²) in [5.41, 5.74) is -1.55. The van der Waals surface area contributed by atoms with Gasteiger partial charge in [0.15, 0.2) is 0 Å². The van der Waals surface area contributed by atoms with Crippen LogP contribution in [0.3, 0.4) is 0 Å². The number of halogens is 4. The summed E-state index contributed by atoms with van der Waals surface area (Å²) < 4.78 is 36.6. The van der Waals surface area contributed by atoms with E-state index >= 15 is 0 Å². The molecule has 0 radical (unpaired) electrons. The lowest BCUT2D eigenvalue weighted by molar-refractivity contribution is -0.137. The van der Waals surface area contributed by atoms with E-state index < -0.39 is 28.2 Å². The Morgan fingerprint density at radius 1 is 1.40 bits per heavy atom. The molecule has 1 rings (SSSR count). The van der Waals surface area contributed by atoms with E-state index in [0.717, 1.165) is 6.08 Å². The molecular weight excluding hydrogens is 235 g/mol. The zero-order valence-corrected chi connectivity index (χ0v) is 7.73. The molecule has 0 aromatic heterocycles. The molecule has 0 atom stereocenters. The first-order valence-corrected chi connectivity index (χ1v) is 3.91. The number of benzene rings is 1. The predicted octanol–water partition coefficient (Wildman–Crippen LogP) is 3.03. The molecule has 0 amide bonds. The summed E-state index contributed by atoms with van der Waals surface area (Å²) in [5.74, 6) is -0.821. The van der Waals surface area contributed by atoms with E-state index in [1.54, 1.807) is 0 Å². The minimum Gasteiger partial charge on any atom is -0.506 e. The van der Waals surface area contributed by atoms with Crippen molar-refractivity contribution in [3.05, 3.63) is 22.7 Å². The maximum absolute atomic E-state index is 12.2. The van der Waals surface area contributed by atoms with E-state index in [1.165, 1.54) is 0 Å². The van der Waals surface area contributed by atoms with E-state index in [2.05, 4.69) is 4.99 Å². The fourth-order valence-corrected chi connectivity index (χ4v) is 1.16. The third-order valence-electron chi connectivity index (χ3n) is 1.53. The fraction of sp³-hybridized carbons (Fsp3) is 0.125. The van der Waals surface area contributed by atoms with Crippen LogP contribution in [0.2, 0.25) is 5.02 Å². The van der Waals surface area contributed by atoms with Gasteiger partial charge in [-0.1, -0.05) is 11.6 Å². The quantitative estimate of drug-likeness (QED) is 0.603. The van der Waals surface area contributed by atoms with Gasteiger partial charge in [-0.3, -0.25) is 0 Å². The average molecular weight is 238 g/mol. The molecule has 1 N–H and O–H groups in total. The third-order valence-corrected chi connectivity index (χ3v) is 1.82. The second-order valence-electron chi connectivity index (χ2n) is 2.53. The molecule has 1 aromatic carbocycles. The van der Waals surface area contributed by atoms with E-state index in [4.69, 9.17) is 16.7 Å². The number of hydrogen-bond acceptors (Lipinski definition) is 3. The maximum atomic E-state index is 12.2. The molecule has 0 spiro atoms. The molecule has 0 heterocycles. The highest BCUT2D eigenvalue weighted by atomic mass is 35.5. The number of rotatable bonds is 1. The minimum atomic E-state index is -4.62. The second-order valence-corrected chi connectivity index (χ2v) is 2.93. The van der Waals surface area contributed by atoms with Gasteiger partial charge < -0.3 is 5.11 Å². The molecule has 0 aliphatic rings. The second kappa shape index (κ2) is 3.92. The molecule has 0 fully saturated rings. The fourth-order valence-electron chi connectivity index (χ4n) is 0.905. The Labute approximate surface area is 86.8 Å². The average Bonchev–Trinajstić information content (AvgIpc) is 2.09. The Hall–Kier alpha value is -1.52. The van der Waals surface area contributed by atoms with Crippen molar-refractivity contribution in [3.8, 4) is 5.75 Å². The summed E-state index contributed by atoms with van der Waals surface area (Å²) in [7, 11) is 0. The van der Waals surface area contributed by atoms with Crippen LogP contribution in [0.5, 0.6) is 5.75 Å². The maximum Gasteiger partial charge on any atom is 0.416 e. The number of aliphatic imine (C=N–C) groups is 1. The molecule has 7 heteroatoms. The van der Waals surface area contributed by atoms with Crippen molar-refractivity contribution in [3.63, 3.8) is 0 Å². The summed E-state index contributed by atoms with van der Waals surface area (Å²) in [6.45, 7) is 0. The van der Waals surface area contributed by atoms with E-state index in [1.807, 2.05) is 0 Å². The summed E-state index contributed by atoms with van der Waals surface area (Å²) in [6.07, 6.45) is -3.55. The van der Waals surface area contributed by atoms with Crippen LogP contribution in [-0.2, 0) is 11.0 Å². The number of phenols is 1. The number of nitrogens with zero attached hydrogens (tertiary/aromatic N) is 1. The van der Waals surface area contributed by atoms with Crippen LogP contribution < -0.4 is 0 Å². The molecule has 3 nitrogen and oxygen atoms in total. The zero-order chi connectivity index (χ0) is 11.6. The summed E-state index contributed by atoms with van der Waals surface area (Å²) in [6, 6.07) is 1.000. The van der Waals surface area contributed by atoms with Gasteiger partial charge in [-0.15, -0.1) is 0 Å². The van der Waals surface area contributed by atoms with Gasteiger partial charge in [-0.25, -0.2) is 4.79 Å². The van der Waals surface area contributed by atoms with Gasteiger partial charge in [0.2, 0.25) is 6.08 Å². The first kappa shape index (κ1) is 11.6. The first-order chi connectivity index (χ1) is 6.86. The first-order valence-electron chi connectivity index (χ1n) is 3.54. The van der Waals surface area contributed by atoms with Gasteiger partial charge in [0.1, 0.15) is 11.4 Å². The van der Waals surface area contributed by atoms with Gasteiger partial charge in [0.25, 0.3) is 0 Å². The number of isocyanates is 1. The number of phenolic OH excluding ortho intramolecular Hbond substituents is 1. The van der Waals surface area contributed by atoms with Crippen molar-refractivity contribution in [2.45, 2.75) is 6.18 Å². The van der Waals surface area contributed by atoms with Crippen LogP contribution >= 0.6 is 11.6 Å². The van der Waals surface area contributed by atoms with Crippen LogP contribution in [0, 0.1) is 0 Å². The monoisotopic (exact) mass is 237 g/mol. The molecule has 15 heavy (non-hydrogen) atoms. The molecule has 80 valence electrons. The Morgan fingerprint density at radius 3 is 2.40 bits per heavy atom. The molecule has 0 aliphatic carbocycles. The van der Waals surface area contributed by atoms with Crippen LogP contribution in [0.4, 0.5) is 18.9 Å². The van der Waals surface area contributed by atoms with Crippen molar-refractivity contribution in [2.75, 3.05) is 0 Å². The lowest BCUT2D eigenvalue weighted by Gasteiger charge is -2.08. The molecule has 0 unspecified atom stereocenters. The van der Waals surface area contributed by atoms with Crippen LogP contribution in [0.1, 0.15) is 5.56 Å². The Morgan fingerprint density at radius 2 is 2.00 bits per heavy atom. The summed E-state index contributed by atoms with van der Waals surface area (Å²) in [4.78, 5) is 12.9. The largest absolute Gasteiger partial charge is 0.506 e. The summed E-state index contributed by atoms with van der Waals surface area (Å²) >= 11 is 5.39. The van der Waals surface area contributed by atoms with E-state index in [-0.39, 0.29) is 0 Å². The van der Waals surface area contributed by atoms with Crippen LogP contribution in [0.25, 0.3) is 0 Å². The number of alkyl halides is 3. The molecule has 1 aromatic rings. The normalized spacial score (nSPS) is 10.9. The van der Waals surface area contributed by atoms with E-state index in [0.29, 0.717) is 12.1 Å². The standard InChI is InChI=1S/C8H3ClF3NO2/c9-5-1-4(8(10,11)12)2-6(15)7(5)13-3-14/h1-2,15H. The zero-order valence-electron chi connectivity index (χ0n) is 6.97. The third kappa shape index (κ3) is 2.49. The smallest absolute Gasteiger partial charge is 0.416 e. The Kier molecular flexibility index (Phi) is 3.02. The highest BCUT2D eigenvalue weighted by Gasteiger charge is 2.32. The van der Waals surface area contributed by atoms with Crippen molar-refractivity contribution in [1.82, 2.24) is 0 Å². The molecule has 0 saturated heterocycles. The van der Waals surface area contributed by atoms with E-state index in [9.17, 15) is 18.0 Å². The van der Waals surface area contributed by atoms with Gasteiger partial charge in [0.05, 0.1) is 10.6 Å². The van der Waals surface area contributed by atoms with Crippen LogP contribution in [0.15, 0.2) is 17.1 Å². The van der Waals surface area contributed by atoms with Gasteiger partial charge >= 0.3 is 6.18 Å². The van der Waals surface area contributed by atoms with Crippen molar-refractivity contribution < 1.29 is 23.1 Å². The van der Waals surface area contributed by atoms with Crippen molar-refractivity contribution in [2.24, 2.45) is 4.99 Å². The predicted molar refractivity (Wildman–Crippen MR) is 45.9 cm³/mol. The van der Waals surface area contributed by atoms with Crippen molar-refractivity contribution >= 4 is 23.4 Å². The lowest BCUT2D eigenvalue weighted by atomic mass is 10.2. The number of carbonyl (C=O) groups excluding carboxylic acids is 1. The minimum absolute atomic E-state index is 0.431. The Balaban J connectivity index is 3.38. The van der Waals surface area contributed by atoms with Crippen LogP contribution in [-0.4, -0.2) is 11.2 Å². The van der Waals surface area contributed by atoms with Gasteiger partial charge in [0, 0.05) is 0 Å².